The van der Waals surface area contributed by atoms with Crippen molar-refractivity contribution in [3.63, 3.8) is 0 Å². The topological polar surface area (TPSA) is 39.2 Å². The summed E-state index contributed by atoms with van der Waals surface area (Å²) in [6.45, 7) is 0. The van der Waals surface area contributed by atoms with E-state index in [1.54, 1.807) is 0 Å². The average molecular weight is 205 g/mol. The number of ether oxygens (including phenoxy) is 1. The van der Waals surface area contributed by atoms with Crippen LogP contribution < -0.4 is 4.74 Å². The maximum absolute atomic E-state index is 11.7. The molecule has 0 radical (unpaired) electrons. The maximum atomic E-state index is 11.7. The van der Waals surface area contributed by atoms with Crippen LogP contribution in [0.5, 0.6) is 5.88 Å². The molecule has 0 fully saturated rings. The number of halogens is 3. The molecule has 0 amide bonds. The summed E-state index contributed by atoms with van der Waals surface area (Å²) >= 11 is 0. The number of aldehydes is 1. The maximum Gasteiger partial charge on any atom is 0.574 e. The number of carbonyl (C=O) groups excluding carboxylic acids is 1. The van der Waals surface area contributed by atoms with E-state index in [9.17, 15) is 18.0 Å². The number of rotatable bonds is 3. The molecule has 76 valence electrons. The minimum absolute atomic E-state index is 0.0384. The van der Waals surface area contributed by atoms with E-state index in [0.717, 1.165) is 12.3 Å². The van der Waals surface area contributed by atoms with E-state index in [0.29, 0.717) is 11.8 Å². The van der Waals surface area contributed by atoms with Gasteiger partial charge in [0.15, 0.2) is 0 Å². The van der Waals surface area contributed by atoms with Crippen molar-refractivity contribution in [2.24, 2.45) is 0 Å². The molecule has 0 unspecified atom stereocenters. The van der Waals surface area contributed by atoms with Gasteiger partial charge >= 0.3 is 6.36 Å². The Morgan fingerprint density at radius 3 is 2.79 bits per heavy atom. The Kier molecular flexibility index (Phi) is 3.06. The Bertz CT molecular complexity index is 325. The van der Waals surface area contributed by atoms with Crippen LogP contribution in [0, 0.1) is 0 Å². The number of carbonyl (C=O) groups is 1. The lowest BCUT2D eigenvalue weighted by Gasteiger charge is -2.07. The van der Waals surface area contributed by atoms with Gasteiger partial charge in [-0.25, -0.2) is 4.98 Å². The normalized spacial score (nSPS) is 11.1. The summed E-state index contributed by atoms with van der Waals surface area (Å²) in [5.74, 6) is -0.558. The fourth-order valence-corrected chi connectivity index (χ4v) is 0.848. The van der Waals surface area contributed by atoms with E-state index in [-0.39, 0.29) is 6.42 Å². The van der Waals surface area contributed by atoms with Gasteiger partial charge in [0.05, 0.1) is 0 Å². The predicted octanol–water partition coefficient (Wildman–Crippen LogP) is 1.72. The molecule has 0 spiro atoms. The molecule has 0 aliphatic rings. The van der Waals surface area contributed by atoms with Crippen LogP contribution in [0.4, 0.5) is 13.2 Å². The molecule has 1 heterocycles. The van der Waals surface area contributed by atoms with Gasteiger partial charge in [-0.2, -0.15) is 0 Å². The van der Waals surface area contributed by atoms with E-state index in [4.69, 9.17) is 0 Å². The molecule has 0 saturated heterocycles. The minimum Gasteiger partial charge on any atom is -0.388 e. The zero-order valence-electron chi connectivity index (χ0n) is 6.91. The van der Waals surface area contributed by atoms with Gasteiger partial charge in [-0.15, -0.1) is 13.2 Å². The Morgan fingerprint density at radius 2 is 2.21 bits per heavy atom. The van der Waals surface area contributed by atoms with Crippen molar-refractivity contribution >= 4 is 6.29 Å². The second-order valence-corrected chi connectivity index (χ2v) is 2.42. The van der Waals surface area contributed by atoms with Gasteiger partial charge in [-0.3, -0.25) is 0 Å². The quantitative estimate of drug-likeness (QED) is 0.705. The van der Waals surface area contributed by atoms with Crippen LogP contribution in [-0.4, -0.2) is 17.6 Å². The van der Waals surface area contributed by atoms with Gasteiger partial charge in [-0.1, -0.05) is 0 Å². The molecule has 14 heavy (non-hydrogen) atoms. The first-order valence-corrected chi connectivity index (χ1v) is 3.65. The van der Waals surface area contributed by atoms with Crippen molar-refractivity contribution in [1.29, 1.82) is 0 Å². The van der Waals surface area contributed by atoms with Crippen LogP contribution in [0.25, 0.3) is 0 Å². The second kappa shape index (κ2) is 4.08. The Labute approximate surface area is 77.5 Å². The van der Waals surface area contributed by atoms with Crippen molar-refractivity contribution in [2.75, 3.05) is 0 Å². The van der Waals surface area contributed by atoms with Crippen LogP contribution in [0.2, 0.25) is 0 Å². The van der Waals surface area contributed by atoms with Crippen LogP contribution in [-0.2, 0) is 11.2 Å². The molecular formula is C8H6F3NO2. The molecule has 0 bridgehead atoms. The van der Waals surface area contributed by atoms with E-state index >= 15 is 0 Å². The number of hydrogen-bond acceptors (Lipinski definition) is 3. The van der Waals surface area contributed by atoms with E-state index in [1.807, 2.05) is 0 Å². The van der Waals surface area contributed by atoms with Crippen LogP contribution >= 0.6 is 0 Å². The molecule has 3 nitrogen and oxygen atoms in total. The van der Waals surface area contributed by atoms with E-state index in [1.165, 1.54) is 6.07 Å². The van der Waals surface area contributed by atoms with Crippen LogP contribution in [0.1, 0.15) is 5.56 Å². The van der Waals surface area contributed by atoms with Gasteiger partial charge in [0.2, 0.25) is 5.88 Å². The molecule has 1 aromatic heterocycles. The summed E-state index contributed by atoms with van der Waals surface area (Å²) in [5.41, 5.74) is 0.425. The number of hydrogen-bond donors (Lipinski definition) is 0. The Morgan fingerprint density at radius 1 is 1.50 bits per heavy atom. The summed E-state index contributed by atoms with van der Waals surface area (Å²) in [4.78, 5) is 13.4. The van der Waals surface area contributed by atoms with Gasteiger partial charge in [0, 0.05) is 18.7 Å². The third kappa shape index (κ3) is 3.42. The molecule has 0 aliphatic heterocycles. The largest absolute Gasteiger partial charge is 0.574 e. The highest BCUT2D eigenvalue weighted by atomic mass is 19.4. The zero-order valence-corrected chi connectivity index (χ0v) is 6.91. The molecule has 0 aliphatic carbocycles. The predicted molar refractivity (Wildman–Crippen MR) is 40.7 cm³/mol. The lowest BCUT2D eigenvalue weighted by atomic mass is 10.2. The molecular weight excluding hydrogens is 199 g/mol. The highest BCUT2D eigenvalue weighted by Crippen LogP contribution is 2.20. The third-order valence-electron chi connectivity index (χ3n) is 1.34. The first-order chi connectivity index (χ1) is 6.51. The lowest BCUT2D eigenvalue weighted by molar-refractivity contribution is -0.276. The Balaban J connectivity index is 2.78. The first-order valence-electron chi connectivity index (χ1n) is 3.65. The standard InChI is InChI=1S/C8H6F3NO2/c9-8(10,11)14-7-5-6(2-4-13)1-3-12-7/h1,3-5H,2H2. The van der Waals surface area contributed by atoms with Crippen LogP contribution in [0.3, 0.4) is 0 Å². The van der Waals surface area contributed by atoms with E-state index < -0.39 is 12.2 Å². The molecule has 1 aromatic rings. The third-order valence-corrected chi connectivity index (χ3v) is 1.34. The molecule has 6 heteroatoms. The summed E-state index contributed by atoms with van der Waals surface area (Å²) in [6, 6.07) is 2.51. The molecule has 0 atom stereocenters. The monoisotopic (exact) mass is 205 g/mol. The SMILES string of the molecule is O=CCc1ccnc(OC(F)(F)F)c1. The summed E-state index contributed by atoms with van der Waals surface area (Å²) < 4.78 is 38.7. The van der Waals surface area contributed by atoms with Crippen molar-refractivity contribution in [1.82, 2.24) is 4.98 Å². The van der Waals surface area contributed by atoms with Crippen molar-refractivity contribution in [3.05, 3.63) is 23.9 Å². The average Bonchev–Trinajstić information content (AvgIpc) is 2.02. The lowest BCUT2D eigenvalue weighted by Crippen LogP contribution is -2.17. The molecule has 0 N–H and O–H groups in total. The fraction of sp³-hybridized carbons (Fsp3) is 0.250. The number of nitrogens with zero attached hydrogens (tertiary/aromatic N) is 1. The fourth-order valence-electron chi connectivity index (χ4n) is 0.848. The van der Waals surface area contributed by atoms with Gasteiger partial charge in [0.1, 0.15) is 6.29 Å². The summed E-state index contributed by atoms with van der Waals surface area (Å²) in [5, 5.41) is 0. The second-order valence-electron chi connectivity index (χ2n) is 2.42. The Hall–Kier alpha value is -1.59. The molecule has 0 saturated carbocycles. The van der Waals surface area contributed by atoms with Crippen LogP contribution in [0.15, 0.2) is 18.3 Å². The van der Waals surface area contributed by atoms with Crippen molar-refractivity contribution in [2.45, 2.75) is 12.8 Å². The highest BCUT2D eigenvalue weighted by molar-refractivity contribution is 5.54. The van der Waals surface area contributed by atoms with Crippen molar-refractivity contribution < 1.29 is 22.7 Å². The molecule has 0 aromatic carbocycles. The minimum atomic E-state index is -4.76. The first kappa shape index (κ1) is 10.5. The van der Waals surface area contributed by atoms with Gasteiger partial charge in [-0.05, 0) is 11.6 Å². The van der Waals surface area contributed by atoms with E-state index in [2.05, 4.69) is 9.72 Å². The number of alkyl halides is 3. The van der Waals surface area contributed by atoms with Gasteiger partial charge in [0.25, 0.3) is 0 Å². The van der Waals surface area contributed by atoms with Gasteiger partial charge < -0.3 is 9.53 Å². The molecule has 1 rings (SSSR count). The summed E-state index contributed by atoms with van der Waals surface area (Å²) in [6.07, 6.45) is -2.98. The summed E-state index contributed by atoms with van der Waals surface area (Å²) in [7, 11) is 0. The smallest absolute Gasteiger partial charge is 0.388 e. The van der Waals surface area contributed by atoms with Crippen molar-refractivity contribution in [3.8, 4) is 5.88 Å². The number of aromatic nitrogens is 1. The zero-order chi connectivity index (χ0) is 10.6. The highest BCUT2D eigenvalue weighted by Gasteiger charge is 2.31. The number of pyridine rings is 1.